The highest BCUT2D eigenvalue weighted by Crippen LogP contribution is 2.19. The first-order valence-electron chi connectivity index (χ1n) is 5.50. The molecule has 0 aliphatic heterocycles. The van der Waals surface area contributed by atoms with Crippen molar-refractivity contribution >= 4 is 28.9 Å². The molecule has 0 unspecified atom stereocenters. The molecule has 2 aromatic carbocycles. The minimum atomic E-state index is -0.193. The van der Waals surface area contributed by atoms with Crippen molar-refractivity contribution in [2.45, 2.75) is 6.92 Å². The number of nitrogen functional groups attached to an aromatic ring is 1. The molecule has 0 saturated heterocycles. The third-order valence-electron chi connectivity index (χ3n) is 2.70. The van der Waals surface area contributed by atoms with E-state index >= 15 is 0 Å². The van der Waals surface area contributed by atoms with E-state index in [1.54, 1.807) is 42.5 Å². The lowest BCUT2D eigenvalue weighted by Crippen LogP contribution is -2.14. The van der Waals surface area contributed by atoms with E-state index < -0.39 is 0 Å². The molecule has 18 heavy (non-hydrogen) atoms. The zero-order valence-electron chi connectivity index (χ0n) is 9.91. The summed E-state index contributed by atoms with van der Waals surface area (Å²) in [4.78, 5) is 12.1. The number of benzene rings is 2. The lowest BCUT2D eigenvalue weighted by atomic mass is 10.1. The zero-order valence-corrected chi connectivity index (χ0v) is 10.7. The molecule has 3 nitrogen and oxygen atoms in total. The van der Waals surface area contributed by atoms with Crippen LogP contribution in [0.3, 0.4) is 0 Å². The summed E-state index contributed by atoms with van der Waals surface area (Å²) in [5, 5.41) is 3.37. The number of hydrogen-bond donors (Lipinski definition) is 2. The summed E-state index contributed by atoms with van der Waals surface area (Å²) >= 11 is 5.86. The fourth-order valence-electron chi connectivity index (χ4n) is 1.66. The average Bonchev–Trinajstić information content (AvgIpc) is 2.32. The van der Waals surface area contributed by atoms with Crippen molar-refractivity contribution in [1.29, 1.82) is 0 Å². The van der Waals surface area contributed by atoms with Gasteiger partial charge in [-0.15, -0.1) is 0 Å². The number of halogens is 1. The van der Waals surface area contributed by atoms with E-state index in [0.717, 1.165) is 5.56 Å². The first-order valence-corrected chi connectivity index (χ1v) is 5.88. The highest BCUT2D eigenvalue weighted by atomic mass is 35.5. The highest BCUT2D eigenvalue weighted by molar-refractivity contribution is 6.31. The Morgan fingerprint density at radius 2 is 1.94 bits per heavy atom. The Hall–Kier alpha value is -2.00. The van der Waals surface area contributed by atoms with Crippen molar-refractivity contribution in [3.05, 3.63) is 58.6 Å². The van der Waals surface area contributed by atoms with Gasteiger partial charge in [-0.25, -0.2) is 0 Å². The van der Waals surface area contributed by atoms with E-state index in [9.17, 15) is 4.79 Å². The molecular weight excluding hydrogens is 248 g/mol. The molecule has 3 N–H and O–H groups in total. The van der Waals surface area contributed by atoms with Gasteiger partial charge in [0.25, 0.3) is 5.91 Å². The van der Waals surface area contributed by atoms with Gasteiger partial charge in [0.1, 0.15) is 0 Å². The van der Waals surface area contributed by atoms with Crippen molar-refractivity contribution in [2.75, 3.05) is 11.1 Å². The van der Waals surface area contributed by atoms with Gasteiger partial charge in [0.2, 0.25) is 0 Å². The smallest absolute Gasteiger partial charge is 0.256 e. The van der Waals surface area contributed by atoms with Crippen molar-refractivity contribution in [3.63, 3.8) is 0 Å². The van der Waals surface area contributed by atoms with Crippen LogP contribution in [0.4, 0.5) is 11.4 Å². The van der Waals surface area contributed by atoms with Crippen molar-refractivity contribution in [1.82, 2.24) is 0 Å². The molecule has 0 bridgehead atoms. The van der Waals surface area contributed by atoms with E-state index in [4.69, 9.17) is 17.3 Å². The van der Waals surface area contributed by atoms with Crippen LogP contribution in [0.1, 0.15) is 15.9 Å². The molecule has 0 aliphatic carbocycles. The van der Waals surface area contributed by atoms with Crippen LogP contribution in [-0.4, -0.2) is 5.91 Å². The third kappa shape index (κ3) is 2.63. The predicted octanol–water partition coefficient (Wildman–Crippen LogP) is 3.48. The first kappa shape index (κ1) is 12.5. The van der Waals surface area contributed by atoms with Crippen molar-refractivity contribution in [2.24, 2.45) is 0 Å². The minimum absolute atomic E-state index is 0.193. The zero-order chi connectivity index (χ0) is 13.1. The van der Waals surface area contributed by atoms with Crippen LogP contribution in [0, 0.1) is 6.92 Å². The Morgan fingerprint density at radius 1 is 1.22 bits per heavy atom. The van der Waals surface area contributed by atoms with Crippen LogP contribution in [0.5, 0.6) is 0 Å². The second-order valence-electron chi connectivity index (χ2n) is 3.98. The molecule has 0 heterocycles. The van der Waals surface area contributed by atoms with Gasteiger partial charge >= 0.3 is 0 Å². The molecule has 2 rings (SSSR count). The fourth-order valence-corrected chi connectivity index (χ4v) is 1.85. The standard InChI is InChI=1S/C14H13ClN2O/c1-9-12(6-3-7-13(9)16)14(18)17-11-5-2-4-10(15)8-11/h2-8H,16H2,1H3,(H,17,18). The molecule has 0 fully saturated rings. The van der Waals surface area contributed by atoms with Gasteiger partial charge < -0.3 is 11.1 Å². The van der Waals surface area contributed by atoms with Crippen molar-refractivity contribution in [3.8, 4) is 0 Å². The SMILES string of the molecule is Cc1c(N)cccc1C(=O)Nc1cccc(Cl)c1. The summed E-state index contributed by atoms with van der Waals surface area (Å²) in [6, 6.07) is 12.3. The topological polar surface area (TPSA) is 55.1 Å². The van der Waals surface area contributed by atoms with E-state index in [1.807, 2.05) is 6.92 Å². The Kier molecular flexibility index (Phi) is 3.53. The summed E-state index contributed by atoms with van der Waals surface area (Å²) in [5.41, 5.74) is 8.38. The van der Waals surface area contributed by atoms with Gasteiger partial charge in [-0.3, -0.25) is 4.79 Å². The largest absolute Gasteiger partial charge is 0.398 e. The second-order valence-corrected chi connectivity index (χ2v) is 4.42. The molecule has 2 aromatic rings. The number of amides is 1. The Morgan fingerprint density at radius 3 is 2.67 bits per heavy atom. The van der Waals surface area contributed by atoms with Gasteiger partial charge in [0.05, 0.1) is 0 Å². The van der Waals surface area contributed by atoms with Gasteiger partial charge in [-0.2, -0.15) is 0 Å². The maximum absolute atomic E-state index is 12.1. The highest BCUT2D eigenvalue weighted by Gasteiger charge is 2.10. The molecule has 4 heteroatoms. The molecule has 0 radical (unpaired) electrons. The summed E-state index contributed by atoms with van der Waals surface area (Å²) in [7, 11) is 0. The van der Waals surface area contributed by atoms with Crippen LogP contribution in [0.25, 0.3) is 0 Å². The lowest BCUT2D eigenvalue weighted by Gasteiger charge is -2.09. The van der Waals surface area contributed by atoms with Gasteiger partial charge in [0, 0.05) is 22.0 Å². The van der Waals surface area contributed by atoms with Gasteiger partial charge in [0.15, 0.2) is 0 Å². The van der Waals surface area contributed by atoms with Crippen molar-refractivity contribution < 1.29 is 4.79 Å². The molecule has 0 aromatic heterocycles. The minimum Gasteiger partial charge on any atom is -0.398 e. The van der Waals surface area contributed by atoms with E-state index in [-0.39, 0.29) is 5.91 Å². The predicted molar refractivity (Wildman–Crippen MR) is 75.0 cm³/mol. The molecule has 0 aliphatic rings. The monoisotopic (exact) mass is 260 g/mol. The number of anilines is 2. The van der Waals surface area contributed by atoms with Crippen LogP contribution in [0.15, 0.2) is 42.5 Å². The maximum atomic E-state index is 12.1. The number of rotatable bonds is 2. The Bertz CT molecular complexity index is 596. The van der Waals surface area contributed by atoms with Crippen LogP contribution >= 0.6 is 11.6 Å². The number of nitrogens with two attached hydrogens (primary N) is 1. The second kappa shape index (κ2) is 5.10. The van der Waals surface area contributed by atoms with Crippen LogP contribution in [0.2, 0.25) is 5.02 Å². The van der Waals surface area contributed by atoms with Crippen LogP contribution in [-0.2, 0) is 0 Å². The summed E-state index contributed by atoms with van der Waals surface area (Å²) in [6.07, 6.45) is 0. The summed E-state index contributed by atoms with van der Waals surface area (Å²) in [6.45, 7) is 1.82. The van der Waals surface area contributed by atoms with Gasteiger partial charge in [-0.1, -0.05) is 23.7 Å². The Labute approximate surface area is 111 Å². The van der Waals surface area contributed by atoms with E-state index in [1.165, 1.54) is 0 Å². The first-order chi connectivity index (χ1) is 8.58. The molecule has 0 spiro atoms. The normalized spacial score (nSPS) is 10.1. The average molecular weight is 261 g/mol. The molecule has 0 atom stereocenters. The summed E-state index contributed by atoms with van der Waals surface area (Å²) < 4.78 is 0. The maximum Gasteiger partial charge on any atom is 0.256 e. The Balaban J connectivity index is 2.25. The van der Waals surface area contributed by atoms with E-state index in [2.05, 4.69) is 5.32 Å². The molecule has 92 valence electrons. The number of carbonyl (C=O) groups is 1. The summed E-state index contributed by atoms with van der Waals surface area (Å²) in [5.74, 6) is -0.193. The molecular formula is C14H13ClN2O. The molecule has 1 amide bonds. The quantitative estimate of drug-likeness (QED) is 0.812. The van der Waals surface area contributed by atoms with Gasteiger partial charge in [-0.05, 0) is 42.8 Å². The van der Waals surface area contributed by atoms with Crippen LogP contribution < -0.4 is 11.1 Å². The third-order valence-corrected chi connectivity index (χ3v) is 2.94. The number of hydrogen-bond acceptors (Lipinski definition) is 2. The number of carbonyl (C=O) groups excluding carboxylic acids is 1. The lowest BCUT2D eigenvalue weighted by molar-refractivity contribution is 0.102. The number of nitrogens with one attached hydrogen (secondary N) is 1. The molecule has 0 saturated carbocycles. The fraction of sp³-hybridized carbons (Fsp3) is 0.0714. The van der Waals surface area contributed by atoms with E-state index in [0.29, 0.717) is 22.0 Å².